The highest BCUT2D eigenvalue weighted by molar-refractivity contribution is 7.90. The second-order valence-corrected chi connectivity index (χ2v) is 6.02. The van der Waals surface area contributed by atoms with Gasteiger partial charge in [-0.15, -0.1) is 0 Å². The number of benzene rings is 1. The van der Waals surface area contributed by atoms with Crippen LogP contribution in [0.25, 0.3) is 0 Å². The third kappa shape index (κ3) is 4.54. The summed E-state index contributed by atoms with van der Waals surface area (Å²) in [6.07, 6.45) is -0.499. The summed E-state index contributed by atoms with van der Waals surface area (Å²) < 4.78 is 36.0. The van der Waals surface area contributed by atoms with Crippen molar-refractivity contribution >= 4 is 21.9 Å². The molecule has 0 spiro atoms. The Kier molecular flexibility index (Phi) is 6.51. The Morgan fingerprint density at radius 3 is 2.50 bits per heavy atom. The van der Waals surface area contributed by atoms with E-state index in [4.69, 9.17) is 4.74 Å². The standard InChI is InChI=1S/C14H19NO6S/c1-4-12(21-5-2)13(16)15-22(18,19)11-8-6-7-10(9-11)14(17)20-3/h6-9,12H,4-5H2,1-3H3,(H,15,16)/t12-/m1/s1. The van der Waals surface area contributed by atoms with Crippen LogP contribution >= 0.6 is 0 Å². The highest BCUT2D eigenvalue weighted by atomic mass is 32.2. The first kappa shape index (κ1) is 18.1. The zero-order valence-corrected chi connectivity index (χ0v) is 13.5. The average molecular weight is 329 g/mol. The number of rotatable bonds is 7. The van der Waals surface area contributed by atoms with Crippen molar-refractivity contribution in [1.82, 2.24) is 4.72 Å². The highest BCUT2D eigenvalue weighted by Crippen LogP contribution is 2.13. The van der Waals surface area contributed by atoms with Crippen LogP contribution in [0.1, 0.15) is 30.6 Å². The summed E-state index contributed by atoms with van der Waals surface area (Å²) in [6.45, 7) is 3.72. The Labute approximate surface area is 129 Å². The van der Waals surface area contributed by atoms with E-state index in [0.717, 1.165) is 6.07 Å². The number of esters is 1. The number of hydrogen-bond acceptors (Lipinski definition) is 6. The van der Waals surface area contributed by atoms with Gasteiger partial charge in [-0.05, 0) is 31.5 Å². The molecule has 1 amide bonds. The van der Waals surface area contributed by atoms with Gasteiger partial charge in [-0.3, -0.25) is 4.79 Å². The molecule has 1 aromatic carbocycles. The van der Waals surface area contributed by atoms with Gasteiger partial charge < -0.3 is 9.47 Å². The summed E-state index contributed by atoms with van der Waals surface area (Å²) in [6, 6.07) is 5.24. The molecule has 1 atom stereocenters. The van der Waals surface area contributed by atoms with Crippen LogP contribution in [-0.4, -0.2) is 40.1 Å². The maximum atomic E-state index is 12.2. The Morgan fingerprint density at radius 2 is 1.95 bits per heavy atom. The lowest BCUT2D eigenvalue weighted by molar-refractivity contribution is -0.130. The molecule has 1 N–H and O–H groups in total. The van der Waals surface area contributed by atoms with Crippen molar-refractivity contribution in [3.8, 4) is 0 Å². The first-order valence-corrected chi connectivity index (χ1v) is 8.20. The van der Waals surface area contributed by atoms with Gasteiger partial charge in [0.25, 0.3) is 15.9 Å². The van der Waals surface area contributed by atoms with E-state index >= 15 is 0 Å². The zero-order chi connectivity index (χ0) is 16.8. The minimum absolute atomic E-state index is 0.0784. The van der Waals surface area contributed by atoms with Crippen LogP contribution in [0.4, 0.5) is 0 Å². The SMILES string of the molecule is CCO[C@H](CC)C(=O)NS(=O)(=O)c1cccc(C(=O)OC)c1. The topological polar surface area (TPSA) is 98.8 Å². The van der Waals surface area contributed by atoms with E-state index in [1.54, 1.807) is 13.8 Å². The van der Waals surface area contributed by atoms with E-state index in [1.807, 2.05) is 4.72 Å². The van der Waals surface area contributed by atoms with Gasteiger partial charge in [0.05, 0.1) is 17.6 Å². The molecule has 0 aliphatic heterocycles. The van der Waals surface area contributed by atoms with Gasteiger partial charge in [-0.1, -0.05) is 13.0 Å². The smallest absolute Gasteiger partial charge is 0.337 e. The normalized spacial score (nSPS) is 12.5. The van der Waals surface area contributed by atoms with E-state index in [2.05, 4.69) is 4.74 Å². The van der Waals surface area contributed by atoms with E-state index in [0.29, 0.717) is 13.0 Å². The molecule has 1 rings (SSSR count). The summed E-state index contributed by atoms with van der Waals surface area (Å²) in [4.78, 5) is 23.2. The van der Waals surface area contributed by atoms with Crippen molar-refractivity contribution in [2.75, 3.05) is 13.7 Å². The van der Waals surface area contributed by atoms with Gasteiger partial charge >= 0.3 is 5.97 Å². The Bertz CT molecular complexity index is 640. The van der Waals surface area contributed by atoms with Crippen LogP contribution in [0.5, 0.6) is 0 Å². The number of hydrogen-bond donors (Lipinski definition) is 1. The first-order chi connectivity index (χ1) is 10.4. The second-order valence-electron chi connectivity index (χ2n) is 4.34. The average Bonchev–Trinajstić information content (AvgIpc) is 2.51. The van der Waals surface area contributed by atoms with Crippen molar-refractivity contribution in [3.63, 3.8) is 0 Å². The summed E-state index contributed by atoms with van der Waals surface area (Å²) in [5.41, 5.74) is 0.0784. The third-order valence-corrected chi connectivity index (χ3v) is 4.18. The highest BCUT2D eigenvalue weighted by Gasteiger charge is 2.24. The van der Waals surface area contributed by atoms with Crippen LogP contribution in [0, 0.1) is 0 Å². The Morgan fingerprint density at radius 1 is 1.27 bits per heavy atom. The van der Waals surface area contributed by atoms with Crippen LogP contribution in [0.15, 0.2) is 29.2 Å². The summed E-state index contributed by atoms with van der Waals surface area (Å²) in [5, 5.41) is 0. The van der Waals surface area contributed by atoms with Crippen LogP contribution in [0.2, 0.25) is 0 Å². The fourth-order valence-corrected chi connectivity index (χ4v) is 2.80. The molecule has 1 aromatic rings. The largest absolute Gasteiger partial charge is 0.465 e. The van der Waals surface area contributed by atoms with Gasteiger partial charge in [0.15, 0.2) is 0 Å². The molecule has 0 aliphatic carbocycles. The number of sulfonamides is 1. The molecule has 122 valence electrons. The molecule has 0 aliphatic rings. The molecular formula is C14H19NO6S. The molecule has 0 heterocycles. The maximum absolute atomic E-state index is 12.2. The number of ether oxygens (including phenoxy) is 2. The molecular weight excluding hydrogens is 310 g/mol. The first-order valence-electron chi connectivity index (χ1n) is 6.72. The van der Waals surface area contributed by atoms with Crippen molar-refractivity contribution in [1.29, 1.82) is 0 Å². The number of carbonyl (C=O) groups excluding carboxylic acids is 2. The lowest BCUT2D eigenvalue weighted by Crippen LogP contribution is -2.39. The predicted molar refractivity (Wildman–Crippen MR) is 78.8 cm³/mol. The zero-order valence-electron chi connectivity index (χ0n) is 12.7. The molecule has 22 heavy (non-hydrogen) atoms. The molecule has 0 aromatic heterocycles. The fraction of sp³-hybridized carbons (Fsp3) is 0.429. The molecule has 7 nitrogen and oxygen atoms in total. The van der Waals surface area contributed by atoms with E-state index < -0.39 is 28.0 Å². The number of carbonyl (C=O) groups is 2. The summed E-state index contributed by atoms with van der Waals surface area (Å²) >= 11 is 0. The fourth-order valence-electron chi connectivity index (χ4n) is 1.75. The quantitative estimate of drug-likeness (QED) is 0.752. The Hall–Kier alpha value is -1.93. The number of methoxy groups -OCH3 is 1. The maximum Gasteiger partial charge on any atom is 0.337 e. The van der Waals surface area contributed by atoms with Crippen molar-refractivity contribution in [2.45, 2.75) is 31.3 Å². The van der Waals surface area contributed by atoms with E-state index in [-0.39, 0.29) is 10.5 Å². The monoisotopic (exact) mass is 329 g/mol. The molecule has 0 bridgehead atoms. The summed E-state index contributed by atoms with van der Waals surface area (Å²) in [7, 11) is -2.89. The van der Waals surface area contributed by atoms with Gasteiger partial charge in [0, 0.05) is 6.61 Å². The number of nitrogens with one attached hydrogen (secondary N) is 1. The minimum atomic E-state index is -4.08. The molecule has 0 unspecified atom stereocenters. The lowest BCUT2D eigenvalue weighted by Gasteiger charge is -2.15. The van der Waals surface area contributed by atoms with Crippen molar-refractivity contribution in [2.24, 2.45) is 0 Å². The molecule has 0 saturated heterocycles. The predicted octanol–water partition coefficient (Wildman–Crippen LogP) is 1.09. The number of amides is 1. The lowest BCUT2D eigenvalue weighted by atomic mass is 10.2. The third-order valence-electron chi connectivity index (χ3n) is 2.83. The van der Waals surface area contributed by atoms with Crippen LogP contribution in [0.3, 0.4) is 0 Å². The Balaban J connectivity index is 3.00. The summed E-state index contributed by atoms with van der Waals surface area (Å²) in [5.74, 6) is -1.41. The van der Waals surface area contributed by atoms with Gasteiger partial charge in [0.1, 0.15) is 6.10 Å². The van der Waals surface area contributed by atoms with Gasteiger partial charge in [0.2, 0.25) is 0 Å². The van der Waals surface area contributed by atoms with Gasteiger partial charge in [-0.25, -0.2) is 17.9 Å². The molecule has 0 saturated carbocycles. The molecule has 8 heteroatoms. The van der Waals surface area contributed by atoms with Crippen molar-refractivity contribution in [3.05, 3.63) is 29.8 Å². The van der Waals surface area contributed by atoms with Crippen LogP contribution < -0.4 is 4.72 Å². The minimum Gasteiger partial charge on any atom is -0.465 e. The van der Waals surface area contributed by atoms with E-state index in [1.165, 1.54) is 25.3 Å². The van der Waals surface area contributed by atoms with Gasteiger partial charge in [-0.2, -0.15) is 0 Å². The molecule has 0 fully saturated rings. The molecule has 0 radical (unpaired) electrons. The van der Waals surface area contributed by atoms with E-state index in [9.17, 15) is 18.0 Å². The van der Waals surface area contributed by atoms with Crippen molar-refractivity contribution < 1.29 is 27.5 Å². The van der Waals surface area contributed by atoms with Crippen LogP contribution in [-0.2, 0) is 24.3 Å². The second kappa shape index (κ2) is 7.90.